The third-order valence-corrected chi connectivity index (χ3v) is 2.86. The van der Waals surface area contributed by atoms with Crippen LogP contribution in [0.1, 0.15) is 12.5 Å². The highest BCUT2D eigenvalue weighted by molar-refractivity contribution is 6.33. The molecule has 0 aliphatic carbocycles. The van der Waals surface area contributed by atoms with Crippen molar-refractivity contribution in [3.8, 4) is 0 Å². The summed E-state index contributed by atoms with van der Waals surface area (Å²) < 4.78 is 38.4. The first kappa shape index (κ1) is 17.1. The fraction of sp³-hybridized carbons (Fsp3) is 0.333. The number of halogens is 4. The van der Waals surface area contributed by atoms with Gasteiger partial charge in [-0.05, 0) is 12.1 Å². The van der Waals surface area contributed by atoms with Crippen LogP contribution in [0, 0.1) is 5.92 Å². The summed E-state index contributed by atoms with van der Waals surface area (Å²) in [5.41, 5.74) is -1.66. The summed E-state index contributed by atoms with van der Waals surface area (Å²) in [4.78, 5) is 22.1. The minimum Gasteiger partial charge on any atom is -0.481 e. The van der Waals surface area contributed by atoms with Gasteiger partial charge in [0.25, 0.3) is 0 Å². The Hall–Kier alpha value is -1.96. The monoisotopic (exact) mass is 324 g/mol. The number of carboxylic acids is 1. The second-order valence-corrected chi connectivity index (χ2v) is 4.64. The molecule has 1 unspecified atom stereocenters. The van der Waals surface area contributed by atoms with Gasteiger partial charge in [-0.15, -0.1) is 0 Å². The van der Waals surface area contributed by atoms with E-state index in [0.29, 0.717) is 0 Å². The van der Waals surface area contributed by atoms with Crippen LogP contribution in [0.4, 0.5) is 23.7 Å². The van der Waals surface area contributed by atoms with Crippen molar-refractivity contribution in [3.63, 3.8) is 0 Å². The Morgan fingerprint density at radius 3 is 2.52 bits per heavy atom. The third-order valence-electron chi connectivity index (χ3n) is 2.55. The van der Waals surface area contributed by atoms with Crippen molar-refractivity contribution in [2.45, 2.75) is 13.1 Å². The van der Waals surface area contributed by atoms with Crippen molar-refractivity contribution in [2.75, 3.05) is 11.9 Å². The van der Waals surface area contributed by atoms with E-state index in [1.54, 1.807) is 0 Å². The van der Waals surface area contributed by atoms with Gasteiger partial charge in [-0.2, -0.15) is 13.2 Å². The Morgan fingerprint density at radius 2 is 2.00 bits per heavy atom. The van der Waals surface area contributed by atoms with E-state index in [0.717, 1.165) is 12.1 Å². The fourth-order valence-corrected chi connectivity index (χ4v) is 1.60. The standard InChI is InChI=1S/C12H12ClF3N2O3/c1-6(10(19)20)5-17-11(21)18-9-7(12(14,15)16)3-2-4-8(9)13/h2-4,6H,5H2,1H3,(H,19,20)(H2,17,18,21). The highest BCUT2D eigenvalue weighted by Crippen LogP contribution is 2.38. The lowest BCUT2D eigenvalue weighted by Crippen LogP contribution is -2.35. The number of benzene rings is 1. The second kappa shape index (κ2) is 6.66. The number of carbonyl (C=O) groups excluding carboxylic acids is 1. The van der Waals surface area contributed by atoms with Crippen LogP contribution in [0.2, 0.25) is 5.02 Å². The summed E-state index contributed by atoms with van der Waals surface area (Å²) in [7, 11) is 0. The first-order valence-electron chi connectivity index (χ1n) is 5.76. The van der Waals surface area contributed by atoms with E-state index in [2.05, 4.69) is 5.32 Å². The van der Waals surface area contributed by atoms with Crippen LogP contribution in [0.5, 0.6) is 0 Å². The highest BCUT2D eigenvalue weighted by Gasteiger charge is 2.34. The van der Waals surface area contributed by atoms with E-state index < -0.39 is 35.3 Å². The van der Waals surface area contributed by atoms with Gasteiger partial charge in [-0.1, -0.05) is 24.6 Å². The zero-order chi connectivity index (χ0) is 16.2. The third kappa shape index (κ3) is 4.82. The first-order valence-corrected chi connectivity index (χ1v) is 6.14. The first-order chi connectivity index (χ1) is 9.62. The Morgan fingerprint density at radius 1 is 1.38 bits per heavy atom. The Balaban J connectivity index is 2.83. The molecule has 1 rings (SSSR count). The predicted octanol–water partition coefficient (Wildman–Crippen LogP) is 3.20. The van der Waals surface area contributed by atoms with Gasteiger partial charge >= 0.3 is 18.2 Å². The van der Waals surface area contributed by atoms with Gasteiger partial charge in [0.1, 0.15) is 0 Å². The van der Waals surface area contributed by atoms with Gasteiger partial charge in [-0.3, -0.25) is 4.79 Å². The molecule has 0 fully saturated rings. The fourth-order valence-electron chi connectivity index (χ4n) is 1.38. The molecule has 1 atom stereocenters. The SMILES string of the molecule is CC(CNC(=O)Nc1c(Cl)cccc1C(F)(F)F)C(=O)O. The predicted molar refractivity (Wildman–Crippen MR) is 70.3 cm³/mol. The molecule has 9 heteroatoms. The quantitative estimate of drug-likeness (QED) is 0.795. The minimum absolute atomic E-state index is 0.229. The number of carboxylic acid groups (broad SMARTS) is 1. The van der Waals surface area contributed by atoms with Crippen LogP contribution in [0.25, 0.3) is 0 Å². The molecule has 0 aromatic heterocycles. The number of nitrogens with one attached hydrogen (secondary N) is 2. The molecule has 116 valence electrons. The van der Waals surface area contributed by atoms with Crippen molar-refractivity contribution in [3.05, 3.63) is 28.8 Å². The van der Waals surface area contributed by atoms with Gasteiger partial charge in [0.2, 0.25) is 0 Å². The van der Waals surface area contributed by atoms with Crippen LogP contribution >= 0.6 is 11.6 Å². The van der Waals surface area contributed by atoms with E-state index in [1.165, 1.54) is 13.0 Å². The van der Waals surface area contributed by atoms with Gasteiger partial charge in [0.15, 0.2) is 0 Å². The average Bonchev–Trinajstić information content (AvgIpc) is 2.36. The smallest absolute Gasteiger partial charge is 0.418 e. The maximum absolute atomic E-state index is 12.8. The number of rotatable bonds is 4. The van der Waals surface area contributed by atoms with Crippen LogP contribution in [-0.4, -0.2) is 23.7 Å². The lowest BCUT2D eigenvalue weighted by atomic mass is 10.1. The zero-order valence-corrected chi connectivity index (χ0v) is 11.5. The van der Waals surface area contributed by atoms with Crippen molar-refractivity contribution >= 4 is 29.3 Å². The maximum atomic E-state index is 12.8. The molecule has 2 amide bonds. The van der Waals surface area contributed by atoms with E-state index >= 15 is 0 Å². The molecule has 0 saturated carbocycles. The van der Waals surface area contributed by atoms with Crippen LogP contribution in [-0.2, 0) is 11.0 Å². The summed E-state index contributed by atoms with van der Waals surface area (Å²) in [6.45, 7) is 1.12. The Kier molecular flexibility index (Phi) is 5.42. The number of anilines is 1. The molecule has 5 nitrogen and oxygen atoms in total. The minimum atomic E-state index is -4.68. The highest BCUT2D eigenvalue weighted by atomic mass is 35.5. The molecule has 0 heterocycles. The zero-order valence-electron chi connectivity index (χ0n) is 10.8. The van der Waals surface area contributed by atoms with Crippen molar-refractivity contribution in [1.29, 1.82) is 0 Å². The molecule has 0 radical (unpaired) electrons. The molecular weight excluding hydrogens is 313 g/mol. The van der Waals surface area contributed by atoms with E-state index in [-0.39, 0.29) is 11.6 Å². The van der Waals surface area contributed by atoms with E-state index in [9.17, 15) is 22.8 Å². The van der Waals surface area contributed by atoms with Crippen LogP contribution in [0.3, 0.4) is 0 Å². The largest absolute Gasteiger partial charge is 0.481 e. The summed E-state index contributed by atoms with van der Waals surface area (Å²) in [6.07, 6.45) is -4.68. The number of alkyl halides is 3. The van der Waals surface area contributed by atoms with Gasteiger partial charge in [-0.25, -0.2) is 4.79 Å². The van der Waals surface area contributed by atoms with Crippen LogP contribution in [0.15, 0.2) is 18.2 Å². The number of amides is 2. The summed E-state index contributed by atoms with van der Waals surface area (Å²) in [6, 6.07) is 2.12. The lowest BCUT2D eigenvalue weighted by molar-refractivity contribution is -0.141. The summed E-state index contributed by atoms with van der Waals surface area (Å²) >= 11 is 5.66. The summed E-state index contributed by atoms with van der Waals surface area (Å²) in [5.74, 6) is -2.01. The molecule has 21 heavy (non-hydrogen) atoms. The van der Waals surface area contributed by atoms with Crippen molar-refractivity contribution in [2.24, 2.45) is 5.92 Å². The average molecular weight is 325 g/mol. The molecule has 0 aliphatic rings. The van der Waals surface area contributed by atoms with Gasteiger partial charge in [0, 0.05) is 6.54 Å². The molecule has 0 bridgehead atoms. The van der Waals surface area contributed by atoms with Crippen molar-refractivity contribution < 1.29 is 27.9 Å². The molecule has 0 aliphatic heterocycles. The van der Waals surface area contributed by atoms with E-state index in [1.807, 2.05) is 5.32 Å². The number of hydrogen-bond donors (Lipinski definition) is 3. The van der Waals surface area contributed by atoms with Gasteiger partial charge in [0.05, 0.1) is 22.2 Å². The number of hydrogen-bond acceptors (Lipinski definition) is 2. The molecule has 3 N–H and O–H groups in total. The molecule has 0 spiro atoms. The maximum Gasteiger partial charge on any atom is 0.418 e. The number of aliphatic carboxylic acids is 1. The normalized spacial score (nSPS) is 12.6. The number of urea groups is 1. The Labute approximate surface area is 123 Å². The second-order valence-electron chi connectivity index (χ2n) is 4.23. The molecular formula is C12H12ClF3N2O3. The molecule has 1 aromatic carbocycles. The van der Waals surface area contributed by atoms with Crippen molar-refractivity contribution in [1.82, 2.24) is 5.32 Å². The number of carbonyl (C=O) groups is 2. The number of para-hydroxylation sites is 1. The molecule has 0 saturated heterocycles. The van der Waals surface area contributed by atoms with E-state index in [4.69, 9.17) is 16.7 Å². The molecule has 1 aromatic rings. The topological polar surface area (TPSA) is 78.4 Å². The lowest BCUT2D eigenvalue weighted by Gasteiger charge is -2.16. The van der Waals surface area contributed by atoms with Crippen LogP contribution < -0.4 is 10.6 Å². The summed E-state index contributed by atoms with van der Waals surface area (Å²) in [5, 5.41) is 12.5. The Bertz CT molecular complexity index is 549. The van der Waals surface area contributed by atoms with Gasteiger partial charge < -0.3 is 15.7 Å².